The van der Waals surface area contributed by atoms with Gasteiger partial charge >= 0.3 is 0 Å². The Kier molecular flexibility index (Phi) is 6.13. The lowest BCUT2D eigenvalue weighted by Gasteiger charge is -2.15. The molecule has 2 heterocycles. The maximum Gasteiger partial charge on any atom is 0.0800 e. The summed E-state index contributed by atoms with van der Waals surface area (Å²) in [5.74, 6) is 0. The maximum absolute atomic E-state index is 5.49. The van der Waals surface area contributed by atoms with E-state index in [1.54, 1.807) is 0 Å². The highest BCUT2D eigenvalue weighted by Crippen LogP contribution is 2.42. The van der Waals surface area contributed by atoms with Crippen LogP contribution >= 0.6 is 0 Å². The molecule has 10 rings (SSSR count). The van der Waals surface area contributed by atoms with Crippen molar-refractivity contribution in [3.05, 3.63) is 169 Å². The molecular formula is C47H30N2. The molecule has 0 spiro atoms. The van der Waals surface area contributed by atoms with Crippen LogP contribution in [0.1, 0.15) is 5.56 Å². The lowest BCUT2D eigenvalue weighted by Crippen LogP contribution is -1.93. The Morgan fingerprint density at radius 3 is 1.80 bits per heavy atom. The van der Waals surface area contributed by atoms with Crippen molar-refractivity contribution < 1.29 is 0 Å². The molecule has 49 heavy (non-hydrogen) atoms. The Labute approximate surface area is 283 Å². The molecule has 2 aromatic heterocycles. The van der Waals surface area contributed by atoms with Crippen LogP contribution in [0, 0.1) is 6.92 Å². The van der Waals surface area contributed by atoms with Crippen molar-refractivity contribution in [2.24, 2.45) is 0 Å². The molecule has 0 saturated heterocycles. The van der Waals surface area contributed by atoms with Gasteiger partial charge in [-0.2, -0.15) is 0 Å². The smallest absolute Gasteiger partial charge is 0.0800 e. The van der Waals surface area contributed by atoms with E-state index < -0.39 is 0 Å². The second-order valence-electron chi connectivity index (χ2n) is 13.0. The molecule has 0 bridgehead atoms. The van der Waals surface area contributed by atoms with Crippen molar-refractivity contribution in [1.29, 1.82) is 0 Å². The molecular weight excluding hydrogens is 593 g/mol. The predicted octanol–water partition coefficient (Wildman–Crippen LogP) is 12.7. The lowest BCUT2D eigenvalue weighted by molar-refractivity contribution is 1.42. The van der Waals surface area contributed by atoms with Crippen LogP contribution < -0.4 is 0 Å². The van der Waals surface area contributed by atoms with Crippen molar-refractivity contribution in [3.63, 3.8) is 0 Å². The van der Waals surface area contributed by atoms with E-state index >= 15 is 0 Å². The summed E-state index contributed by atoms with van der Waals surface area (Å²) in [6.45, 7) is 2.17. The fourth-order valence-electron chi connectivity index (χ4n) is 7.93. The minimum absolute atomic E-state index is 1.01. The zero-order valence-corrected chi connectivity index (χ0v) is 27.0. The van der Waals surface area contributed by atoms with E-state index in [1.807, 2.05) is 12.3 Å². The molecule has 0 unspecified atom stereocenters. The van der Waals surface area contributed by atoms with Gasteiger partial charge in [0.15, 0.2) is 0 Å². The van der Waals surface area contributed by atoms with E-state index in [2.05, 4.69) is 159 Å². The van der Waals surface area contributed by atoms with Gasteiger partial charge in [-0.05, 0) is 79.9 Å². The minimum Gasteiger partial charge on any atom is -0.256 e. The Morgan fingerprint density at radius 1 is 0.388 bits per heavy atom. The van der Waals surface area contributed by atoms with Gasteiger partial charge in [0.2, 0.25) is 0 Å². The highest BCUT2D eigenvalue weighted by atomic mass is 14.7. The number of pyridine rings is 2. The number of hydrogen-bond acceptors (Lipinski definition) is 2. The Balaban J connectivity index is 1.13. The number of hydrogen-bond donors (Lipinski definition) is 0. The summed E-state index contributed by atoms with van der Waals surface area (Å²) >= 11 is 0. The summed E-state index contributed by atoms with van der Waals surface area (Å²) in [6, 6.07) is 56.9. The zero-order chi connectivity index (χ0) is 32.5. The second kappa shape index (κ2) is 10.8. The summed E-state index contributed by atoms with van der Waals surface area (Å²) < 4.78 is 0. The van der Waals surface area contributed by atoms with Gasteiger partial charge in [0, 0.05) is 38.7 Å². The van der Waals surface area contributed by atoms with Crippen molar-refractivity contribution in [1.82, 2.24) is 9.97 Å². The van der Waals surface area contributed by atoms with Crippen LogP contribution in [0.4, 0.5) is 0 Å². The molecule has 0 saturated carbocycles. The average molecular weight is 623 g/mol. The first-order valence-electron chi connectivity index (χ1n) is 16.8. The van der Waals surface area contributed by atoms with Gasteiger partial charge in [-0.25, -0.2) is 4.98 Å². The molecule has 0 N–H and O–H groups in total. The number of fused-ring (bicyclic) bond motifs is 11. The number of aryl methyl sites for hydroxylation is 1. The summed E-state index contributed by atoms with van der Waals surface area (Å²) in [5.41, 5.74) is 10.2. The molecule has 10 aromatic rings. The van der Waals surface area contributed by atoms with E-state index in [-0.39, 0.29) is 0 Å². The van der Waals surface area contributed by atoms with Gasteiger partial charge in [-0.15, -0.1) is 0 Å². The van der Waals surface area contributed by atoms with Crippen LogP contribution in [0.15, 0.2) is 164 Å². The number of nitrogens with zero attached hydrogens (tertiary/aromatic N) is 2. The highest BCUT2D eigenvalue weighted by Gasteiger charge is 2.17. The second-order valence-corrected chi connectivity index (χ2v) is 13.0. The van der Waals surface area contributed by atoms with Crippen molar-refractivity contribution >= 4 is 64.9 Å². The van der Waals surface area contributed by atoms with Crippen LogP contribution in [0.25, 0.3) is 98.4 Å². The van der Waals surface area contributed by atoms with Gasteiger partial charge in [0.05, 0.1) is 16.7 Å². The first-order chi connectivity index (χ1) is 24.2. The van der Waals surface area contributed by atoms with Gasteiger partial charge in [-0.3, -0.25) is 4.98 Å². The van der Waals surface area contributed by atoms with Crippen molar-refractivity contribution in [2.45, 2.75) is 6.92 Å². The molecule has 2 heteroatoms. The third-order valence-corrected chi connectivity index (χ3v) is 10.2. The average Bonchev–Trinajstić information content (AvgIpc) is 3.17. The van der Waals surface area contributed by atoms with E-state index in [0.29, 0.717) is 0 Å². The van der Waals surface area contributed by atoms with Gasteiger partial charge in [0.1, 0.15) is 0 Å². The Bertz CT molecular complexity index is 2940. The third kappa shape index (κ3) is 4.28. The maximum atomic E-state index is 5.49. The van der Waals surface area contributed by atoms with E-state index in [4.69, 9.17) is 9.97 Å². The topological polar surface area (TPSA) is 25.8 Å². The van der Waals surface area contributed by atoms with Crippen LogP contribution in [0.5, 0.6) is 0 Å². The molecule has 0 radical (unpaired) electrons. The Hall–Kier alpha value is -6.38. The monoisotopic (exact) mass is 622 g/mol. The summed E-state index contributed by atoms with van der Waals surface area (Å²) in [7, 11) is 0. The highest BCUT2D eigenvalue weighted by molar-refractivity contribution is 6.31. The first kappa shape index (κ1) is 27.7. The lowest BCUT2D eigenvalue weighted by atomic mass is 9.91. The van der Waals surface area contributed by atoms with Gasteiger partial charge in [0.25, 0.3) is 0 Å². The largest absolute Gasteiger partial charge is 0.256 e. The van der Waals surface area contributed by atoms with Crippen molar-refractivity contribution in [2.75, 3.05) is 0 Å². The molecule has 228 valence electrons. The molecule has 0 atom stereocenters. The molecule has 0 aliphatic heterocycles. The van der Waals surface area contributed by atoms with Crippen LogP contribution in [0.2, 0.25) is 0 Å². The van der Waals surface area contributed by atoms with E-state index in [1.165, 1.54) is 76.3 Å². The quantitative estimate of drug-likeness (QED) is 0.183. The summed E-state index contributed by atoms with van der Waals surface area (Å²) in [4.78, 5) is 10.3. The fourth-order valence-corrected chi connectivity index (χ4v) is 7.93. The fraction of sp³-hybridized carbons (Fsp3) is 0.0213. The molecule has 8 aromatic carbocycles. The summed E-state index contributed by atoms with van der Waals surface area (Å²) in [5, 5.41) is 12.1. The van der Waals surface area contributed by atoms with Gasteiger partial charge < -0.3 is 0 Å². The SMILES string of the molecule is Cc1cccc2cc(-c3ccc(-c4cccc(-c5nc6c7ccccc7c7ccccc7c6c6ccccc56)c4)cc3)c3cccnc3c12. The van der Waals surface area contributed by atoms with Crippen molar-refractivity contribution in [3.8, 4) is 33.5 Å². The zero-order valence-electron chi connectivity index (χ0n) is 27.0. The van der Waals surface area contributed by atoms with Crippen LogP contribution in [-0.2, 0) is 0 Å². The first-order valence-corrected chi connectivity index (χ1v) is 16.8. The molecule has 0 aliphatic carbocycles. The third-order valence-electron chi connectivity index (χ3n) is 10.2. The molecule has 2 nitrogen and oxygen atoms in total. The number of aromatic nitrogens is 2. The molecule has 0 aliphatic rings. The van der Waals surface area contributed by atoms with Crippen LogP contribution in [-0.4, -0.2) is 9.97 Å². The van der Waals surface area contributed by atoms with Crippen LogP contribution in [0.3, 0.4) is 0 Å². The minimum atomic E-state index is 1.01. The summed E-state index contributed by atoms with van der Waals surface area (Å²) in [6.07, 6.45) is 1.90. The van der Waals surface area contributed by atoms with E-state index in [0.717, 1.165) is 27.7 Å². The molecule has 0 amide bonds. The molecule has 0 fully saturated rings. The van der Waals surface area contributed by atoms with Gasteiger partial charge in [-0.1, -0.05) is 140 Å². The number of benzene rings is 8. The van der Waals surface area contributed by atoms with E-state index in [9.17, 15) is 0 Å². The predicted molar refractivity (Wildman–Crippen MR) is 208 cm³/mol. The standard InChI is InChI=1S/C47H30N2/c1-29-11-8-13-33-28-42(41-21-10-26-48-46(41)43(29)33)31-24-22-30(23-25-31)32-12-9-14-34(27-32)45-40-20-7-5-18-38(40)44-37-17-4-2-15-35(37)36-16-3-6-19-39(36)47(44)49-45/h2-28H,1H3. The number of rotatable bonds is 3. The Morgan fingerprint density at radius 2 is 1.00 bits per heavy atom. The normalized spacial score (nSPS) is 11.8.